The number of benzene rings is 4. The van der Waals surface area contributed by atoms with Crippen LogP contribution in [0.3, 0.4) is 0 Å². The van der Waals surface area contributed by atoms with E-state index in [0.29, 0.717) is 0 Å². The van der Waals surface area contributed by atoms with Crippen LogP contribution in [-0.2, 0) is 0 Å². The third-order valence-electron chi connectivity index (χ3n) is 6.05. The average Bonchev–Trinajstić information content (AvgIpc) is 3.49. The van der Waals surface area contributed by atoms with Gasteiger partial charge < -0.3 is 0 Å². The molecule has 0 saturated carbocycles. The molecule has 0 fully saturated rings. The summed E-state index contributed by atoms with van der Waals surface area (Å²) in [5.41, 5.74) is 0. The maximum Gasteiger partial charge on any atom is 0.0542 e. The molecule has 0 aliphatic carbocycles. The standard InChI is InChI=1S/C26H12S4/c1-3-7-19-15(5-1)23-25(27-19)17-9-13-10-18-22(12-14(13)11-21(17)29-23)30-24-16-6-2-4-8-20(16)28-26(18)24/h1-12H. The van der Waals surface area contributed by atoms with Crippen molar-refractivity contribution in [3.63, 3.8) is 0 Å². The number of hydrogen-bond donors (Lipinski definition) is 0. The Bertz CT molecular complexity index is 1820. The first-order chi connectivity index (χ1) is 14.8. The molecule has 0 bridgehead atoms. The van der Waals surface area contributed by atoms with E-state index >= 15 is 0 Å². The summed E-state index contributed by atoms with van der Waals surface area (Å²) in [6.07, 6.45) is 0. The lowest BCUT2D eigenvalue weighted by Crippen LogP contribution is -1.73. The summed E-state index contributed by atoms with van der Waals surface area (Å²) in [6, 6.07) is 27.3. The number of rotatable bonds is 0. The van der Waals surface area contributed by atoms with Crippen molar-refractivity contribution in [1.82, 2.24) is 0 Å². The van der Waals surface area contributed by atoms with Gasteiger partial charge in [-0.05, 0) is 47.2 Å². The van der Waals surface area contributed by atoms with E-state index in [4.69, 9.17) is 0 Å². The first-order valence-corrected chi connectivity index (χ1v) is 13.1. The topological polar surface area (TPSA) is 0 Å². The van der Waals surface area contributed by atoms with Crippen LogP contribution in [0.2, 0.25) is 0 Å². The van der Waals surface area contributed by atoms with E-state index in [0.717, 1.165) is 0 Å². The van der Waals surface area contributed by atoms with Gasteiger partial charge in [0.15, 0.2) is 0 Å². The fourth-order valence-corrected chi connectivity index (χ4v) is 10.0. The van der Waals surface area contributed by atoms with Gasteiger partial charge in [-0.1, -0.05) is 36.4 Å². The van der Waals surface area contributed by atoms with Gasteiger partial charge in [0, 0.05) is 40.3 Å². The van der Waals surface area contributed by atoms with Gasteiger partial charge in [0.1, 0.15) is 0 Å². The highest BCUT2D eigenvalue weighted by atomic mass is 32.1. The Morgan fingerprint density at radius 1 is 0.367 bits per heavy atom. The molecule has 4 heteroatoms. The van der Waals surface area contributed by atoms with Gasteiger partial charge in [0.2, 0.25) is 0 Å². The van der Waals surface area contributed by atoms with Crippen molar-refractivity contribution in [2.24, 2.45) is 0 Å². The normalized spacial score (nSPS) is 12.7. The molecular weight excluding hydrogens is 441 g/mol. The van der Waals surface area contributed by atoms with Gasteiger partial charge in [-0.15, -0.1) is 45.3 Å². The zero-order valence-electron chi connectivity index (χ0n) is 15.6. The van der Waals surface area contributed by atoms with E-state index in [9.17, 15) is 0 Å². The minimum absolute atomic E-state index is 1.35. The van der Waals surface area contributed by atoms with Gasteiger partial charge in [-0.2, -0.15) is 0 Å². The monoisotopic (exact) mass is 452 g/mol. The Labute approximate surface area is 187 Å². The van der Waals surface area contributed by atoms with Crippen molar-refractivity contribution in [3.05, 3.63) is 72.8 Å². The molecular formula is C26H12S4. The minimum Gasteiger partial charge on any atom is -0.134 e. The summed E-state index contributed by atoms with van der Waals surface area (Å²) in [5.74, 6) is 0. The predicted molar refractivity (Wildman–Crippen MR) is 140 cm³/mol. The molecule has 140 valence electrons. The van der Waals surface area contributed by atoms with E-state index in [1.807, 2.05) is 45.3 Å². The van der Waals surface area contributed by atoms with Crippen molar-refractivity contribution in [2.45, 2.75) is 0 Å². The van der Waals surface area contributed by atoms with Gasteiger partial charge in [0.25, 0.3) is 0 Å². The maximum absolute atomic E-state index is 2.43. The lowest BCUT2D eigenvalue weighted by molar-refractivity contribution is 1.87. The zero-order chi connectivity index (χ0) is 19.4. The van der Waals surface area contributed by atoms with Crippen LogP contribution >= 0.6 is 45.3 Å². The van der Waals surface area contributed by atoms with Crippen LogP contribution in [0.25, 0.3) is 69.9 Å². The molecule has 0 amide bonds. The highest BCUT2D eigenvalue weighted by molar-refractivity contribution is 7.37. The third-order valence-corrected chi connectivity index (χ3v) is 11.1. The number of hydrogen-bond acceptors (Lipinski definition) is 4. The van der Waals surface area contributed by atoms with Gasteiger partial charge >= 0.3 is 0 Å². The van der Waals surface area contributed by atoms with E-state index in [1.54, 1.807) is 0 Å². The lowest BCUT2D eigenvalue weighted by atomic mass is 10.1. The second-order valence-corrected chi connectivity index (χ2v) is 12.0. The molecule has 8 rings (SSSR count). The van der Waals surface area contributed by atoms with Crippen LogP contribution in [0.4, 0.5) is 0 Å². The molecule has 0 spiro atoms. The molecule has 0 saturated heterocycles. The summed E-state index contributed by atoms with van der Waals surface area (Å²) >= 11 is 7.75. The Morgan fingerprint density at radius 3 is 1.30 bits per heavy atom. The molecule has 8 aromatic rings. The molecule has 0 atom stereocenters. The SMILES string of the molecule is c1ccc2c(c1)sc1c3cc4cc5c(cc4cc3sc21)sc1c2ccccc2sc51. The molecule has 0 radical (unpaired) electrons. The smallest absolute Gasteiger partial charge is 0.0542 e. The molecule has 0 aliphatic rings. The van der Waals surface area contributed by atoms with Crippen LogP contribution in [0, 0.1) is 0 Å². The lowest BCUT2D eigenvalue weighted by Gasteiger charge is -2.00. The van der Waals surface area contributed by atoms with Gasteiger partial charge in [-0.3, -0.25) is 0 Å². The van der Waals surface area contributed by atoms with E-state index < -0.39 is 0 Å². The first kappa shape index (κ1) is 16.2. The van der Waals surface area contributed by atoms with Crippen LogP contribution in [0.5, 0.6) is 0 Å². The Morgan fingerprint density at radius 2 is 0.767 bits per heavy atom. The van der Waals surface area contributed by atoms with Crippen LogP contribution in [-0.4, -0.2) is 0 Å². The minimum atomic E-state index is 1.35. The van der Waals surface area contributed by atoms with Crippen molar-refractivity contribution in [2.75, 3.05) is 0 Å². The first-order valence-electron chi connectivity index (χ1n) is 9.85. The van der Waals surface area contributed by atoms with Crippen LogP contribution in [0.1, 0.15) is 0 Å². The second kappa shape index (κ2) is 5.59. The van der Waals surface area contributed by atoms with Crippen LogP contribution in [0.15, 0.2) is 72.8 Å². The highest BCUT2D eigenvalue weighted by Crippen LogP contribution is 2.48. The third kappa shape index (κ3) is 2.00. The largest absolute Gasteiger partial charge is 0.134 e. The van der Waals surface area contributed by atoms with E-state index in [1.165, 1.54) is 69.9 Å². The maximum atomic E-state index is 2.43. The highest BCUT2D eigenvalue weighted by Gasteiger charge is 2.15. The summed E-state index contributed by atoms with van der Waals surface area (Å²) in [7, 11) is 0. The van der Waals surface area contributed by atoms with Crippen LogP contribution < -0.4 is 0 Å². The Balaban J connectivity index is 1.51. The molecule has 4 heterocycles. The molecule has 30 heavy (non-hydrogen) atoms. The number of fused-ring (bicyclic) bond motifs is 11. The summed E-state index contributed by atoms with van der Waals surface area (Å²) in [5, 5.41) is 8.32. The van der Waals surface area contributed by atoms with Gasteiger partial charge in [-0.25, -0.2) is 0 Å². The summed E-state index contributed by atoms with van der Waals surface area (Å²) < 4.78 is 11.3. The van der Waals surface area contributed by atoms with E-state index in [-0.39, 0.29) is 0 Å². The van der Waals surface area contributed by atoms with Gasteiger partial charge in [0.05, 0.1) is 18.8 Å². The fourth-order valence-electron chi connectivity index (χ4n) is 4.65. The van der Waals surface area contributed by atoms with E-state index in [2.05, 4.69) is 72.8 Å². The van der Waals surface area contributed by atoms with Crippen molar-refractivity contribution >= 4 is 115 Å². The Hall–Kier alpha value is -2.50. The molecule has 4 aromatic heterocycles. The molecule has 0 nitrogen and oxygen atoms in total. The number of thiophene rings is 4. The Kier molecular flexibility index (Phi) is 3.03. The average molecular weight is 453 g/mol. The molecule has 0 unspecified atom stereocenters. The van der Waals surface area contributed by atoms with Crippen molar-refractivity contribution in [3.8, 4) is 0 Å². The second-order valence-electron chi connectivity index (χ2n) is 7.76. The summed E-state index contributed by atoms with van der Waals surface area (Å²) in [4.78, 5) is 0. The quantitative estimate of drug-likeness (QED) is 0.215. The fraction of sp³-hybridized carbons (Fsp3) is 0. The molecule has 4 aromatic carbocycles. The summed E-state index contributed by atoms with van der Waals surface area (Å²) in [6.45, 7) is 0. The van der Waals surface area contributed by atoms with Crippen molar-refractivity contribution < 1.29 is 0 Å². The molecule has 0 aliphatic heterocycles. The predicted octanol–water partition coefficient (Wildman–Crippen LogP) is 10.0. The molecule has 0 N–H and O–H groups in total. The zero-order valence-corrected chi connectivity index (χ0v) is 18.8. The van der Waals surface area contributed by atoms with Crippen molar-refractivity contribution in [1.29, 1.82) is 0 Å².